The molecular formula is C11H5F2N3O. The number of H-pyrrole nitrogens is 1. The Bertz CT molecular complexity index is 673. The predicted octanol–water partition coefficient (Wildman–Crippen LogP) is 1.59. The lowest BCUT2D eigenvalue weighted by Gasteiger charge is -2.03. The lowest BCUT2D eigenvalue weighted by molar-refractivity contribution is 0.585. The first-order valence-corrected chi connectivity index (χ1v) is 4.56. The first-order chi connectivity index (χ1) is 8.13. The van der Waals surface area contributed by atoms with Gasteiger partial charge in [-0.3, -0.25) is 4.79 Å². The highest BCUT2D eigenvalue weighted by molar-refractivity contribution is 5.66. The Hall–Kier alpha value is -2.55. The minimum Gasteiger partial charge on any atom is -0.312 e. The number of hydrogen-bond donors (Lipinski definition) is 1. The summed E-state index contributed by atoms with van der Waals surface area (Å²) in [6.45, 7) is 0. The average Bonchev–Trinajstić information content (AvgIpc) is 2.29. The van der Waals surface area contributed by atoms with Crippen LogP contribution in [0.15, 0.2) is 29.3 Å². The van der Waals surface area contributed by atoms with Crippen molar-refractivity contribution in [2.45, 2.75) is 0 Å². The molecule has 2 aromatic rings. The van der Waals surface area contributed by atoms with Crippen LogP contribution in [0.5, 0.6) is 0 Å². The second-order valence-corrected chi connectivity index (χ2v) is 3.19. The fourth-order valence-corrected chi connectivity index (χ4v) is 1.39. The molecule has 0 amide bonds. The molecule has 4 nitrogen and oxygen atoms in total. The maximum absolute atomic E-state index is 13.5. The Morgan fingerprint density at radius 1 is 1.35 bits per heavy atom. The zero-order valence-electron chi connectivity index (χ0n) is 8.37. The Balaban J connectivity index is 2.74. The molecule has 0 unspecified atom stereocenters. The van der Waals surface area contributed by atoms with E-state index in [4.69, 9.17) is 5.26 Å². The molecule has 2 rings (SSSR count). The van der Waals surface area contributed by atoms with Crippen LogP contribution >= 0.6 is 0 Å². The summed E-state index contributed by atoms with van der Waals surface area (Å²) in [6.07, 6.45) is 1.06. The molecule has 0 spiro atoms. The smallest absolute Gasteiger partial charge is 0.269 e. The van der Waals surface area contributed by atoms with E-state index < -0.39 is 17.2 Å². The molecule has 1 aromatic heterocycles. The van der Waals surface area contributed by atoms with E-state index in [2.05, 4.69) is 9.97 Å². The number of benzene rings is 1. The fourth-order valence-electron chi connectivity index (χ4n) is 1.39. The molecule has 0 bridgehead atoms. The summed E-state index contributed by atoms with van der Waals surface area (Å²) in [4.78, 5) is 17.2. The molecule has 1 aromatic carbocycles. The van der Waals surface area contributed by atoms with Gasteiger partial charge in [0.25, 0.3) is 5.56 Å². The summed E-state index contributed by atoms with van der Waals surface area (Å²) >= 11 is 0. The lowest BCUT2D eigenvalue weighted by Crippen LogP contribution is -2.12. The van der Waals surface area contributed by atoms with Crippen molar-refractivity contribution in [2.24, 2.45) is 0 Å². The van der Waals surface area contributed by atoms with Crippen molar-refractivity contribution in [1.82, 2.24) is 9.97 Å². The van der Waals surface area contributed by atoms with Crippen molar-refractivity contribution in [2.75, 3.05) is 0 Å². The molecule has 0 fully saturated rings. The van der Waals surface area contributed by atoms with Gasteiger partial charge in [-0.1, -0.05) is 0 Å². The van der Waals surface area contributed by atoms with Gasteiger partial charge >= 0.3 is 0 Å². The van der Waals surface area contributed by atoms with Gasteiger partial charge < -0.3 is 4.98 Å². The number of nitrogens with one attached hydrogen (secondary N) is 1. The van der Waals surface area contributed by atoms with Crippen LogP contribution < -0.4 is 5.56 Å². The number of aromatic nitrogens is 2. The Kier molecular flexibility index (Phi) is 2.66. The van der Waals surface area contributed by atoms with Gasteiger partial charge in [-0.05, 0) is 12.1 Å². The van der Waals surface area contributed by atoms with E-state index in [9.17, 15) is 13.6 Å². The van der Waals surface area contributed by atoms with Gasteiger partial charge in [0.1, 0.15) is 23.3 Å². The van der Waals surface area contributed by atoms with E-state index in [1.807, 2.05) is 0 Å². The lowest BCUT2D eigenvalue weighted by atomic mass is 10.1. The van der Waals surface area contributed by atoms with E-state index >= 15 is 0 Å². The van der Waals surface area contributed by atoms with Crippen LogP contribution in [0, 0.1) is 23.0 Å². The highest BCUT2D eigenvalue weighted by Gasteiger charge is 2.14. The Morgan fingerprint density at radius 3 is 2.76 bits per heavy atom. The molecular weight excluding hydrogens is 228 g/mol. The topological polar surface area (TPSA) is 69.5 Å². The first-order valence-electron chi connectivity index (χ1n) is 4.56. The largest absolute Gasteiger partial charge is 0.312 e. The Labute approximate surface area is 94.2 Å². The first kappa shape index (κ1) is 11.0. The van der Waals surface area contributed by atoms with E-state index in [0.29, 0.717) is 6.07 Å². The van der Waals surface area contributed by atoms with Gasteiger partial charge in [-0.15, -0.1) is 0 Å². The van der Waals surface area contributed by atoms with Crippen LogP contribution in [0.25, 0.3) is 11.3 Å². The second-order valence-electron chi connectivity index (χ2n) is 3.19. The third-order valence-electron chi connectivity index (χ3n) is 2.15. The van der Waals surface area contributed by atoms with Crippen molar-refractivity contribution >= 4 is 0 Å². The minimum absolute atomic E-state index is 0.0888. The molecule has 6 heteroatoms. The number of nitriles is 1. The van der Waals surface area contributed by atoms with Gasteiger partial charge in [-0.2, -0.15) is 5.26 Å². The van der Waals surface area contributed by atoms with Gasteiger partial charge in [0, 0.05) is 11.6 Å². The number of rotatable bonds is 1. The molecule has 84 valence electrons. The van der Waals surface area contributed by atoms with Crippen molar-refractivity contribution in [3.05, 3.63) is 52.1 Å². The molecule has 0 atom stereocenters. The van der Waals surface area contributed by atoms with Crippen LogP contribution in [0.1, 0.15) is 5.56 Å². The summed E-state index contributed by atoms with van der Waals surface area (Å²) in [6, 6.07) is 4.47. The molecule has 17 heavy (non-hydrogen) atoms. The van der Waals surface area contributed by atoms with Crippen molar-refractivity contribution in [1.29, 1.82) is 5.26 Å². The van der Waals surface area contributed by atoms with Gasteiger partial charge in [-0.25, -0.2) is 13.8 Å². The van der Waals surface area contributed by atoms with Gasteiger partial charge in [0.05, 0.1) is 12.0 Å². The molecule has 0 aliphatic heterocycles. The van der Waals surface area contributed by atoms with Crippen molar-refractivity contribution in [3.63, 3.8) is 0 Å². The van der Waals surface area contributed by atoms with E-state index in [-0.39, 0.29) is 16.8 Å². The van der Waals surface area contributed by atoms with Crippen LogP contribution in [0.3, 0.4) is 0 Å². The summed E-state index contributed by atoms with van der Waals surface area (Å²) in [5.41, 5.74) is -1.16. The average molecular weight is 233 g/mol. The normalized spacial score (nSPS) is 9.94. The molecule has 0 saturated heterocycles. The molecule has 0 saturated carbocycles. The third-order valence-corrected chi connectivity index (χ3v) is 2.15. The summed E-state index contributed by atoms with van der Waals surface area (Å²) in [5, 5.41) is 8.80. The summed E-state index contributed by atoms with van der Waals surface area (Å²) in [5.74, 6) is -1.62. The van der Waals surface area contributed by atoms with Crippen molar-refractivity contribution < 1.29 is 8.78 Å². The highest BCUT2D eigenvalue weighted by atomic mass is 19.1. The SMILES string of the molecule is N#Cc1c(-c2ccc(F)cc2F)nc[nH]c1=O. The third kappa shape index (κ3) is 1.90. The monoisotopic (exact) mass is 233 g/mol. The van der Waals surface area contributed by atoms with E-state index in [0.717, 1.165) is 18.5 Å². The quantitative estimate of drug-likeness (QED) is 0.813. The van der Waals surface area contributed by atoms with Crippen LogP contribution in [0.2, 0.25) is 0 Å². The van der Waals surface area contributed by atoms with Gasteiger partial charge in [0.2, 0.25) is 0 Å². The summed E-state index contributed by atoms with van der Waals surface area (Å²) in [7, 11) is 0. The number of halogens is 2. The summed E-state index contributed by atoms with van der Waals surface area (Å²) < 4.78 is 26.2. The molecule has 1 N–H and O–H groups in total. The van der Waals surface area contributed by atoms with Crippen LogP contribution in [0.4, 0.5) is 8.78 Å². The van der Waals surface area contributed by atoms with E-state index in [1.165, 1.54) is 0 Å². The van der Waals surface area contributed by atoms with Gasteiger partial charge in [0.15, 0.2) is 0 Å². The van der Waals surface area contributed by atoms with Crippen LogP contribution in [-0.4, -0.2) is 9.97 Å². The number of hydrogen-bond acceptors (Lipinski definition) is 3. The zero-order chi connectivity index (χ0) is 12.4. The molecule has 0 radical (unpaired) electrons. The van der Waals surface area contributed by atoms with Crippen LogP contribution in [-0.2, 0) is 0 Å². The molecule has 0 aliphatic carbocycles. The Morgan fingerprint density at radius 2 is 2.12 bits per heavy atom. The number of aromatic amines is 1. The zero-order valence-corrected chi connectivity index (χ0v) is 8.37. The standard InChI is InChI=1S/C11H5F2N3O/c12-6-1-2-7(9(13)3-6)10-8(4-14)11(17)16-5-15-10/h1-3,5H,(H,15,16,17). The molecule has 1 heterocycles. The second kappa shape index (κ2) is 4.14. The fraction of sp³-hybridized carbons (Fsp3) is 0. The number of nitrogens with zero attached hydrogens (tertiary/aromatic N) is 2. The molecule has 0 aliphatic rings. The maximum atomic E-state index is 13.5. The predicted molar refractivity (Wildman–Crippen MR) is 54.9 cm³/mol. The minimum atomic E-state index is -0.875. The van der Waals surface area contributed by atoms with E-state index in [1.54, 1.807) is 6.07 Å². The highest BCUT2D eigenvalue weighted by Crippen LogP contribution is 2.22. The maximum Gasteiger partial charge on any atom is 0.269 e. The van der Waals surface area contributed by atoms with Crippen molar-refractivity contribution in [3.8, 4) is 17.3 Å².